The summed E-state index contributed by atoms with van der Waals surface area (Å²) in [6, 6.07) is 8.83. The third kappa shape index (κ3) is 1.98. The number of benzene rings is 1. The first-order valence-corrected chi connectivity index (χ1v) is 6.99. The molecule has 96 valence electrons. The zero-order chi connectivity index (χ0) is 12.4. The summed E-state index contributed by atoms with van der Waals surface area (Å²) in [6.45, 7) is 0.939. The van der Waals surface area contributed by atoms with E-state index in [1.165, 1.54) is 30.5 Å². The van der Waals surface area contributed by atoms with Gasteiger partial charge in [-0.05, 0) is 30.9 Å². The highest BCUT2D eigenvalue weighted by Gasteiger charge is 2.29. The van der Waals surface area contributed by atoms with Gasteiger partial charge in [-0.3, -0.25) is 14.8 Å². The summed E-state index contributed by atoms with van der Waals surface area (Å²) >= 11 is 0. The number of amides is 1. The maximum Gasteiger partial charge on any atom is 0.228 e. The molecule has 0 bridgehead atoms. The van der Waals surface area contributed by atoms with Crippen LogP contribution in [0.2, 0.25) is 0 Å². The van der Waals surface area contributed by atoms with Crippen LogP contribution < -0.4 is 5.01 Å². The van der Waals surface area contributed by atoms with E-state index in [1.807, 2.05) is 5.01 Å². The highest BCUT2D eigenvalue weighted by atomic mass is 16.1. The number of fused-ring (bicyclic) bond motifs is 1. The van der Waals surface area contributed by atoms with Gasteiger partial charge in [0.15, 0.2) is 0 Å². The van der Waals surface area contributed by atoms with Gasteiger partial charge in [-0.15, -0.1) is 0 Å². The Morgan fingerprint density at radius 1 is 1.17 bits per heavy atom. The zero-order valence-electron chi connectivity index (χ0n) is 10.7. The van der Waals surface area contributed by atoms with Crippen molar-refractivity contribution in [3.05, 3.63) is 29.8 Å². The number of hydrazine groups is 1. The monoisotopic (exact) mass is 244 g/mol. The van der Waals surface area contributed by atoms with Gasteiger partial charge in [0, 0.05) is 6.54 Å². The maximum absolute atomic E-state index is 11.5. The highest BCUT2D eigenvalue weighted by Crippen LogP contribution is 2.32. The van der Waals surface area contributed by atoms with Crippen LogP contribution in [0, 0.1) is 0 Å². The van der Waals surface area contributed by atoms with Crippen LogP contribution in [0.3, 0.4) is 0 Å². The van der Waals surface area contributed by atoms with E-state index >= 15 is 0 Å². The van der Waals surface area contributed by atoms with Crippen molar-refractivity contribution in [3.63, 3.8) is 0 Å². The summed E-state index contributed by atoms with van der Waals surface area (Å²) in [7, 11) is 0. The normalized spacial score (nSPS) is 19.7. The van der Waals surface area contributed by atoms with Gasteiger partial charge in [0.1, 0.15) is 0 Å². The molecule has 1 aliphatic carbocycles. The summed E-state index contributed by atoms with van der Waals surface area (Å²) in [5, 5.41) is 4.13. The van der Waals surface area contributed by atoms with Crippen LogP contribution in [-0.2, 0) is 11.2 Å². The number of carbonyl (C=O) groups excluding carboxylic acids is 1. The number of para-hydroxylation sites is 1. The summed E-state index contributed by atoms with van der Waals surface area (Å²) in [5.41, 5.74) is 2.58. The van der Waals surface area contributed by atoms with Gasteiger partial charge >= 0.3 is 0 Å². The van der Waals surface area contributed by atoms with Crippen molar-refractivity contribution in [2.45, 2.75) is 44.6 Å². The molecule has 3 heteroatoms. The largest absolute Gasteiger partial charge is 0.282 e. The van der Waals surface area contributed by atoms with Crippen LogP contribution in [0.15, 0.2) is 24.3 Å². The van der Waals surface area contributed by atoms with E-state index < -0.39 is 0 Å². The van der Waals surface area contributed by atoms with Gasteiger partial charge < -0.3 is 0 Å². The molecule has 0 aromatic heterocycles. The SMILES string of the molecule is O=CN(C1CCCCC1)N1CCc2ccccc21. The Bertz CT molecular complexity index is 426. The number of hydrogen-bond donors (Lipinski definition) is 0. The van der Waals surface area contributed by atoms with E-state index in [4.69, 9.17) is 0 Å². The summed E-state index contributed by atoms with van der Waals surface area (Å²) in [5.74, 6) is 0. The zero-order valence-corrected chi connectivity index (χ0v) is 10.7. The lowest BCUT2D eigenvalue weighted by molar-refractivity contribution is -0.121. The van der Waals surface area contributed by atoms with E-state index in [2.05, 4.69) is 29.3 Å². The number of rotatable bonds is 3. The number of nitrogens with zero attached hydrogens (tertiary/aromatic N) is 2. The Morgan fingerprint density at radius 2 is 1.94 bits per heavy atom. The van der Waals surface area contributed by atoms with Gasteiger partial charge in [0.05, 0.1) is 11.7 Å². The van der Waals surface area contributed by atoms with Crippen molar-refractivity contribution in [1.29, 1.82) is 0 Å². The minimum absolute atomic E-state index is 0.405. The summed E-state index contributed by atoms with van der Waals surface area (Å²) in [4.78, 5) is 11.5. The second-order valence-electron chi connectivity index (χ2n) is 5.28. The smallest absolute Gasteiger partial charge is 0.228 e. The molecule has 1 heterocycles. The molecule has 0 spiro atoms. The second kappa shape index (κ2) is 5.01. The van der Waals surface area contributed by atoms with Crippen LogP contribution in [-0.4, -0.2) is 24.0 Å². The topological polar surface area (TPSA) is 23.6 Å². The van der Waals surface area contributed by atoms with Crippen LogP contribution >= 0.6 is 0 Å². The fraction of sp³-hybridized carbons (Fsp3) is 0.533. The molecule has 18 heavy (non-hydrogen) atoms. The molecule has 0 radical (unpaired) electrons. The Kier molecular flexibility index (Phi) is 3.22. The van der Waals surface area contributed by atoms with Gasteiger partial charge in [-0.25, -0.2) is 0 Å². The number of hydrogen-bond acceptors (Lipinski definition) is 2. The molecule has 1 aromatic carbocycles. The molecule has 1 fully saturated rings. The fourth-order valence-corrected chi connectivity index (χ4v) is 3.25. The first kappa shape index (κ1) is 11.6. The Hall–Kier alpha value is -1.51. The molecule has 1 aliphatic heterocycles. The molecule has 3 rings (SSSR count). The van der Waals surface area contributed by atoms with Crippen LogP contribution in [0.1, 0.15) is 37.7 Å². The number of carbonyl (C=O) groups is 1. The van der Waals surface area contributed by atoms with Crippen molar-refractivity contribution in [2.24, 2.45) is 0 Å². The van der Waals surface area contributed by atoms with E-state index in [-0.39, 0.29) is 0 Å². The molecule has 2 aliphatic rings. The van der Waals surface area contributed by atoms with Gasteiger partial charge in [0.2, 0.25) is 6.41 Å². The van der Waals surface area contributed by atoms with Crippen LogP contribution in [0.25, 0.3) is 0 Å². The molecule has 1 saturated carbocycles. The minimum Gasteiger partial charge on any atom is -0.282 e. The molecule has 0 atom stereocenters. The predicted octanol–water partition coefficient (Wildman–Crippen LogP) is 2.76. The van der Waals surface area contributed by atoms with E-state index in [0.717, 1.165) is 32.2 Å². The summed E-state index contributed by atoms with van der Waals surface area (Å²) < 4.78 is 0. The minimum atomic E-state index is 0.405. The molecule has 0 N–H and O–H groups in total. The summed E-state index contributed by atoms with van der Waals surface area (Å²) in [6.07, 6.45) is 8.20. The molecule has 0 unspecified atom stereocenters. The van der Waals surface area contributed by atoms with E-state index in [0.29, 0.717) is 6.04 Å². The second-order valence-corrected chi connectivity index (χ2v) is 5.28. The third-order valence-corrected chi connectivity index (χ3v) is 4.20. The lowest BCUT2D eigenvalue weighted by Gasteiger charge is -2.38. The average molecular weight is 244 g/mol. The van der Waals surface area contributed by atoms with Crippen molar-refractivity contribution in [3.8, 4) is 0 Å². The quantitative estimate of drug-likeness (QED) is 0.763. The first-order valence-electron chi connectivity index (χ1n) is 6.99. The van der Waals surface area contributed by atoms with Crippen LogP contribution in [0.4, 0.5) is 5.69 Å². The van der Waals surface area contributed by atoms with Crippen molar-refractivity contribution >= 4 is 12.1 Å². The first-order chi connectivity index (χ1) is 8.90. The lowest BCUT2D eigenvalue weighted by Crippen LogP contribution is -2.48. The van der Waals surface area contributed by atoms with Crippen molar-refractivity contribution < 1.29 is 4.79 Å². The highest BCUT2D eigenvalue weighted by molar-refractivity contribution is 5.62. The number of anilines is 1. The van der Waals surface area contributed by atoms with E-state index in [1.54, 1.807) is 0 Å². The Balaban J connectivity index is 1.82. The standard InChI is InChI=1S/C15H20N2O/c18-12-17(14-7-2-1-3-8-14)16-11-10-13-6-4-5-9-15(13)16/h4-6,9,12,14H,1-3,7-8,10-11H2. The molecule has 3 nitrogen and oxygen atoms in total. The van der Waals surface area contributed by atoms with Gasteiger partial charge in [-0.1, -0.05) is 37.5 Å². The van der Waals surface area contributed by atoms with Crippen LogP contribution in [0.5, 0.6) is 0 Å². The average Bonchev–Trinajstić information content (AvgIpc) is 2.85. The van der Waals surface area contributed by atoms with Gasteiger partial charge in [-0.2, -0.15) is 0 Å². The van der Waals surface area contributed by atoms with Gasteiger partial charge in [0.25, 0.3) is 0 Å². The molecule has 1 amide bonds. The molecule has 1 aromatic rings. The lowest BCUT2D eigenvalue weighted by atomic mass is 9.95. The predicted molar refractivity (Wildman–Crippen MR) is 72.3 cm³/mol. The van der Waals surface area contributed by atoms with Crippen molar-refractivity contribution in [2.75, 3.05) is 11.6 Å². The Morgan fingerprint density at radius 3 is 2.72 bits per heavy atom. The Labute approximate surface area is 108 Å². The fourth-order valence-electron chi connectivity index (χ4n) is 3.25. The maximum atomic E-state index is 11.5. The van der Waals surface area contributed by atoms with Crippen molar-refractivity contribution in [1.82, 2.24) is 5.01 Å². The molecule has 0 saturated heterocycles. The molecular weight excluding hydrogens is 224 g/mol. The molecular formula is C15H20N2O. The van der Waals surface area contributed by atoms with E-state index in [9.17, 15) is 4.79 Å². The third-order valence-electron chi connectivity index (χ3n) is 4.20.